The molecule has 1 fully saturated rings. The first kappa shape index (κ1) is 18.4. The predicted octanol–water partition coefficient (Wildman–Crippen LogP) is 3.48. The number of benzene rings is 2. The van der Waals surface area contributed by atoms with Gasteiger partial charge in [0, 0.05) is 42.3 Å². The highest BCUT2D eigenvalue weighted by Gasteiger charge is 2.29. The lowest BCUT2D eigenvalue weighted by molar-refractivity contribution is -0.115. The van der Waals surface area contributed by atoms with Gasteiger partial charge in [-0.1, -0.05) is 42.8 Å². The Balaban J connectivity index is 1.86. The van der Waals surface area contributed by atoms with E-state index in [0.29, 0.717) is 35.8 Å². The summed E-state index contributed by atoms with van der Waals surface area (Å²) in [6.07, 6.45) is 0.393. The van der Waals surface area contributed by atoms with Crippen LogP contribution in [0.25, 0.3) is 0 Å². The highest BCUT2D eigenvalue weighted by Crippen LogP contribution is 2.29. The molecule has 5 nitrogen and oxygen atoms in total. The smallest absolute Gasteiger partial charge is 0.254 e. The van der Waals surface area contributed by atoms with Gasteiger partial charge in [0.1, 0.15) is 0 Å². The number of nitrogens with zero attached hydrogens (tertiary/aromatic N) is 1. The molecule has 2 aromatic carbocycles. The van der Waals surface area contributed by atoms with Crippen molar-refractivity contribution in [3.05, 3.63) is 64.7 Å². The van der Waals surface area contributed by atoms with Crippen LogP contribution in [0.1, 0.15) is 35.3 Å². The van der Waals surface area contributed by atoms with Gasteiger partial charge in [0.15, 0.2) is 0 Å². The van der Waals surface area contributed by atoms with E-state index in [1.807, 2.05) is 29.2 Å². The molecular formula is C20H22ClN3O2. The molecule has 136 valence electrons. The second kappa shape index (κ2) is 8.34. The van der Waals surface area contributed by atoms with Crippen molar-refractivity contribution in [2.75, 3.05) is 25.0 Å². The largest absolute Gasteiger partial charge is 0.329 e. The van der Waals surface area contributed by atoms with Crippen LogP contribution in [-0.4, -0.2) is 36.3 Å². The summed E-state index contributed by atoms with van der Waals surface area (Å²) in [5.74, 6) is -0.144. The Morgan fingerprint density at radius 2 is 2.04 bits per heavy atom. The molecule has 1 atom stereocenters. The molecule has 0 spiro atoms. The highest BCUT2D eigenvalue weighted by atomic mass is 35.5. The molecule has 2 N–H and O–H groups in total. The number of halogens is 1. The minimum atomic E-state index is -0.126. The Bertz CT molecular complexity index is 809. The molecule has 0 saturated carbocycles. The van der Waals surface area contributed by atoms with E-state index in [0.717, 1.165) is 12.1 Å². The van der Waals surface area contributed by atoms with Crippen molar-refractivity contribution in [3.63, 3.8) is 0 Å². The van der Waals surface area contributed by atoms with Gasteiger partial charge in [-0.3, -0.25) is 9.59 Å². The third-order valence-corrected chi connectivity index (χ3v) is 4.83. The van der Waals surface area contributed by atoms with E-state index in [1.54, 1.807) is 31.2 Å². The number of carbonyl (C=O) groups excluding carboxylic acids is 2. The second-order valence-electron chi connectivity index (χ2n) is 6.22. The monoisotopic (exact) mass is 371 g/mol. The minimum Gasteiger partial charge on any atom is -0.329 e. The van der Waals surface area contributed by atoms with Gasteiger partial charge < -0.3 is 15.5 Å². The fraction of sp³-hybridized carbons (Fsp3) is 0.300. The Morgan fingerprint density at radius 1 is 1.23 bits per heavy atom. The van der Waals surface area contributed by atoms with E-state index < -0.39 is 0 Å². The molecule has 3 rings (SSSR count). The molecule has 0 bridgehead atoms. The van der Waals surface area contributed by atoms with E-state index >= 15 is 0 Å². The van der Waals surface area contributed by atoms with Crippen LogP contribution < -0.4 is 10.6 Å². The van der Waals surface area contributed by atoms with Crippen molar-refractivity contribution in [2.45, 2.75) is 19.4 Å². The van der Waals surface area contributed by atoms with Crippen LogP contribution in [-0.2, 0) is 4.79 Å². The summed E-state index contributed by atoms with van der Waals surface area (Å²) >= 11 is 6.36. The number of hydrogen-bond donors (Lipinski definition) is 2. The van der Waals surface area contributed by atoms with Crippen LogP contribution >= 0.6 is 11.6 Å². The summed E-state index contributed by atoms with van der Waals surface area (Å²) in [4.78, 5) is 26.6. The number of piperazine rings is 1. The molecule has 1 heterocycles. The lowest BCUT2D eigenvalue weighted by atomic mass is 10.0. The van der Waals surface area contributed by atoms with Gasteiger partial charge in [-0.25, -0.2) is 0 Å². The van der Waals surface area contributed by atoms with E-state index in [-0.39, 0.29) is 17.9 Å². The third kappa shape index (κ3) is 4.06. The van der Waals surface area contributed by atoms with E-state index in [9.17, 15) is 9.59 Å². The molecule has 0 aromatic heterocycles. The number of amides is 2. The maximum atomic E-state index is 13.1. The number of anilines is 1. The molecule has 2 amide bonds. The average Bonchev–Trinajstić information content (AvgIpc) is 2.68. The van der Waals surface area contributed by atoms with Gasteiger partial charge in [-0.2, -0.15) is 0 Å². The SMILES string of the molecule is CCC(=O)Nc1cccc(C(=O)N2CCNCC2c2ccccc2Cl)c1. The van der Waals surface area contributed by atoms with E-state index in [1.165, 1.54) is 0 Å². The number of rotatable bonds is 4. The van der Waals surface area contributed by atoms with E-state index in [2.05, 4.69) is 10.6 Å². The van der Waals surface area contributed by atoms with Crippen molar-refractivity contribution >= 4 is 29.1 Å². The summed E-state index contributed by atoms with van der Waals surface area (Å²) in [5.41, 5.74) is 2.12. The lowest BCUT2D eigenvalue weighted by Gasteiger charge is -2.37. The summed E-state index contributed by atoms with van der Waals surface area (Å²) < 4.78 is 0. The lowest BCUT2D eigenvalue weighted by Crippen LogP contribution is -2.48. The summed E-state index contributed by atoms with van der Waals surface area (Å²) in [6, 6.07) is 14.6. The zero-order valence-corrected chi connectivity index (χ0v) is 15.4. The molecule has 2 aromatic rings. The Hall–Kier alpha value is -2.37. The molecule has 1 aliphatic rings. The second-order valence-corrected chi connectivity index (χ2v) is 6.63. The van der Waals surface area contributed by atoms with Crippen molar-refractivity contribution in [1.82, 2.24) is 10.2 Å². The van der Waals surface area contributed by atoms with Crippen molar-refractivity contribution in [1.29, 1.82) is 0 Å². The molecule has 1 saturated heterocycles. The summed E-state index contributed by atoms with van der Waals surface area (Å²) in [5, 5.41) is 6.79. The molecule has 26 heavy (non-hydrogen) atoms. The molecule has 1 unspecified atom stereocenters. The molecule has 6 heteroatoms. The zero-order valence-electron chi connectivity index (χ0n) is 14.7. The minimum absolute atomic E-state index is 0.0657. The van der Waals surface area contributed by atoms with Gasteiger partial charge in [0.05, 0.1) is 6.04 Å². The zero-order chi connectivity index (χ0) is 18.5. The van der Waals surface area contributed by atoms with Crippen molar-refractivity contribution in [2.24, 2.45) is 0 Å². The standard InChI is InChI=1S/C20H22ClN3O2/c1-2-19(25)23-15-7-5-6-14(12-15)20(26)24-11-10-22-13-18(24)16-8-3-4-9-17(16)21/h3-9,12,18,22H,2,10-11,13H2,1H3,(H,23,25). The van der Waals surface area contributed by atoms with Gasteiger partial charge in [-0.15, -0.1) is 0 Å². The van der Waals surface area contributed by atoms with Crippen LogP contribution in [0.15, 0.2) is 48.5 Å². The van der Waals surface area contributed by atoms with Gasteiger partial charge in [0.2, 0.25) is 5.91 Å². The predicted molar refractivity (Wildman–Crippen MR) is 103 cm³/mol. The first-order valence-electron chi connectivity index (χ1n) is 8.76. The number of nitrogens with one attached hydrogen (secondary N) is 2. The first-order valence-corrected chi connectivity index (χ1v) is 9.14. The maximum absolute atomic E-state index is 13.1. The molecular weight excluding hydrogens is 350 g/mol. The third-order valence-electron chi connectivity index (χ3n) is 4.48. The number of hydrogen-bond acceptors (Lipinski definition) is 3. The Morgan fingerprint density at radius 3 is 2.81 bits per heavy atom. The van der Waals surface area contributed by atoms with Crippen LogP contribution in [0, 0.1) is 0 Å². The van der Waals surface area contributed by atoms with Crippen molar-refractivity contribution in [3.8, 4) is 0 Å². The topological polar surface area (TPSA) is 61.4 Å². The summed E-state index contributed by atoms with van der Waals surface area (Å²) in [6.45, 7) is 3.78. The molecule has 0 radical (unpaired) electrons. The van der Waals surface area contributed by atoms with E-state index in [4.69, 9.17) is 11.6 Å². The van der Waals surface area contributed by atoms with Crippen LogP contribution in [0.4, 0.5) is 5.69 Å². The van der Waals surface area contributed by atoms with Gasteiger partial charge in [-0.05, 0) is 29.8 Å². The Labute approximate surface area is 158 Å². The fourth-order valence-electron chi connectivity index (χ4n) is 3.12. The van der Waals surface area contributed by atoms with Gasteiger partial charge >= 0.3 is 0 Å². The number of carbonyl (C=O) groups is 2. The average molecular weight is 372 g/mol. The van der Waals surface area contributed by atoms with Crippen LogP contribution in [0.2, 0.25) is 5.02 Å². The quantitative estimate of drug-likeness (QED) is 0.865. The summed E-state index contributed by atoms with van der Waals surface area (Å²) in [7, 11) is 0. The van der Waals surface area contributed by atoms with Crippen LogP contribution in [0.3, 0.4) is 0 Å². The normalized spacial score (nSPS) is 17.0. The van der Waals surface area contributed by atoms with Gasteiger partial charge in [0.25, 0.3) is 5.91 Å². The fourth-order valence-corrected chi connectivity index (χ4v) is 3.38. The van der Waals surface area contributed by atoms with Crippen LogP contribution in [0.5, 0.6) is 0 Å². The first-order chi connectivity index (χ1) is 12.6. The maximum Gasteiger partial charge on any atom is 0.254 e. The molecule has 0 aliphatic carbocycles. The molecule has 1 aliphatic heterocycles. The highest BCUT2D eigenvalue weighted by molar-refractivity contribution is 6.31. The van der Waals surface area contributed by atoms with Crippen molar-refractivity contribution < 1.29 is 9.59 Å². The Kier molecular flexibility index (Phi) is 5.91.